The molecule has 106 valence electrons. The van der Waals surface area contributed by atoms with Gasteiger partial charge in [-0.1, -0.05) is 25.1 Å². The average Bonchev–Trinajstić information content (AvgIpc) is 3.19. The zero-order chi connectivity index (χ0) is 14.1. The smallest absolute Gasteiger partial charge is 0.320 e. The van der Waals surface area contributed by atoms with E-state index in [0.29, 0.717) is 12.5 Å². The number of carboxylic acid groups (broad SMARTS) is 1. The number of benzene rings is 1. The molecule has 4 heteroatoms. The van der Waals surface area contributed by atoms with Gasteiger partial charge in [-0.2, -0.15) is 0 Å². The molecular formula is C16H20N2O2. The highest BCUT2D eigenvalue weighted by atomic mass is 16.4. The molecule has 0 amide bonds. The largest absolute Gasteiger partial charge is 0.480 e. The number of hydrogen-bond donors (Lipinski definition) is 3. The van der Waals surface area contributed by atoms with Crippen LogP contribution in [0, 0.1) is 5.92 Å². The lowest BCUT2D eigenvalue weighted by Crippen LogP contribution is -2.37. The van der Waals surface area contributed by atoms with Crippen LogP contribution in [-0.4, -0.2) is 22.1 Å². The summed E-state index contributed by atoms with van der Waals surface area (Å²) in [6.45, 7) is 2.74. The Morgan fingerprint density at radius 3 is 2.90 bits per heavy atom. The molecule has 1 aliphatic rings. The Kier molecular flexibility index (Phi) is 3.49. The fourth-order valence-corrected chi connectivity index (χ4v) is 2.82. The number of aromatic nitrogens is 1. The number of H-pyrrole nitrogens is 1. The average molecular weight is 272 g/mol. The van der Waals surface area contributed by atoms with Crippen LogP contribution in [0.3, 0.4) is 0 Å². The van der Waals surface area contributed by atoms with Gasteiger partial charge in [0.2, 0.25) is 0 Å². The van der Waals surface area contributed by atoms with E-state index >= 15 is 0 Å². The molecule has 1 atom stereocenters. The third-order valence-electron chi connectivity index (χ3n) is 4.14. The minimum atomic E-state index is -0.735. The number of aliphatic carboxylic acids is 1. The highest BCUT2D eigenvalue weighted by molar-refractivity contribution is 5.86. The molecule has 1 aromatic heterocycles. The van der Waals surface area contributed by atoms with Crippen molar-refractivity contribution in [1.82, 2.24) is 10.3 Å². The van der Waals surface area contributed by atoms with Crippen molar-refractivity contribution in [3.05, 3.63) is 35.5 Å². The van der Waals surface area contributed by atoms with Crippen LogP contribution in [0.2, 0.25) is 0 Å². The molecule has 2 aromatic rings. The first-order valence-electron chi connectivity index (χ1n) is 7.24. The Labute approximate surface area is 118 Å². The van der Waals surface area contributed by atoms with Crippen LogP contribution >= 0.6 is 0 Å². The minimum Gasteiger partial charge on any atom is -0.480 e. The van der Waals surface area contributed by atoms with Gasteiger partial charge < -0.3 is 10.1 Å². The maximum atomic E-state index is 11.2. The minimum absolute atomic E-state index is 0.309. The van der Waals surface area contributed by atoms with Crippen LogP contribution in [0.15, 0.2) is 24.4 Å². The lowest BCUT2D eigenvalue weighted by atomic mass is 10.1. The number of carboxylic acids is 1. The van der Waals surface area contributed by atoms with E-state index < -0.39 is 12.0 Å². The Morgan fingerprint density at radius 2 is 2.25 bits per heavy atom. The highest BCUT2D eigenvalue weighted by Gasteiger charge is 2.35. The van der Waals surface area contributed by atoms with Crippen LogP contribution in [0.25, 0.3) is 10.9 Å². The van der Waals surface area contributed by atoms with Gasteiger partial charge in [0.15, 0.2) is 0 Å². The second-order valence-electron chi connectivity index (χ2n) is 5.54. The van der Waals surface area contributed by atoms with Gasteiger partial charge >= 0.3 is 5.97 Å². The van der Waals surface area contributed by atoms with Gasteiger partial charge in [-0.15, -0.1) is 0 Å². The van der Waals surface area contributed by atoms with Crippen LogP contribution in [0.4, 0.5) is 0 Å². The summed E-state index contributed by atoms with van der Waals surface area (Å²) in [4.78, 5) is 14.6. The predicted octanol–water partition coefficient (Wildman–Crippen LogP) is 2.68. The molecule has 3 rings (SSSR count). The monoisotopic (exact) mass is 272 g/mol. The second-order valence-corrected chi connectivity index (χ2v) is 5.54. The Balaban J connectivity index is 1.79. The molecule has 3 N–H and O–H groups in total. The summed E-state index contributed by atoms with van der Waals surface area (Å²) in [5, 5.41) is 13.6. The maximum absolute atomic E-state index is 11.2. The van der Waals surface area contributed by atoms with Gasteiger partial charge in [-0.3, -0.25) is 10.1 Å². The van der Waals surface area contributed by atoms with Gasteiger partial charge in [0.05, 0.1) is 0 Å². The Bertz CT molecular complexity index is 628. The highest BCUT2D eigenvalue weighted by Crippen LogP contribution is 2.33. The summed E-state index contributed by atoms with van der Waals surface area (Å²) in [6, 6.07) is 5.87. The first-order valence-corrected chi connectivity index (χ1v) is 7.24. The summed E-state index contributed by atoms with van der Waals surface area (Å²) >= 11 is 0. The molecule has 1 fully saturated rings. The molecule has 1 aliphatic carbocycles. The van der Waals surface area contributed by atoms with Gasteiger partial charge in [0.25, 0.3) is 0 Å². The zero-order valence-electron chi connectivity index (χ0n) is 11.6. The molecule has 1 heterocycles. The second kappa shape index (κ2) is 5.29. The molecular weight excluding hydrogens is 252 g/mol. The normalized spacial score (nSPS) is 16.4. The van der Waals surface area contributed by atoms with Crippen molar-refractivity contribution in [2.45, 2.75) is 38.8 Å². The van der Waals surface area contributed by atoms with Crippen molar-refractivity contribution >= 4 is 16.9 Å². The number of aromatic amines is 1. The number of para-hydroxylation sites is 1. The van der Waals surface area contributed by atoms with E-state index in [1.807, 2.05) is 6.20 Å². The van der Waals surface area contributed by atoms with Crippen molar-refractivity contribution in [3.63, 3.8) is 0 Å². The van der Waals surface area contributed by atoms with E-state index in [1.165, 1.54) is 16.5 Å². The first-order chi connectivity index (χ1) is 9.70. The van der Waals surface area contributed by atoms with Crippen molar-refractivity contribution < 1.29 is 9.90 Å². The van der Waals surface area contributed by atoms with E-state index in [-0.39, 0.29) is 0 Å². The van der Waals surface area contributed by atoms with Gasteiger partial charge in [-0.25, -0.2) is 0 Å². The summed E-state index contributed by atoms with van der Waals surface area (Å²) in [5.41, 5.74) is 3.61. The molecule has 0 aliphatic heterocycles. The predicted molar refractivity (Wildman–Crippen MR) is 78.7 cm³/mol. The van der Waals surface area contributed by atoms with E-state index in [1.54, 1.807) is 0 Å². The maximum Gasteiger partial charge on any atom is 0.320 e. The number of carbonyl (C=O) groups is 1. The SMILES string of the molecule is CCc1cccc2c(CNC(C(=O)O)C3CC3)c[nH]c12. The number of hydrogen-bond acceptors (Lipinski definition) is 2. The summed E-state index contributed by atoms with van der Waals surface area (Å²) in [6.07, 6.45) is 5.03. The number of nitrogens with one attached hydrogen (secondary N) is 2. The molecule has 1 aromatic carbocycles. The van der Waals surface area contributed by atoms with Gasteiger partial charge in [0.1, 0.15) is 6.04 Å². The van der Waals surface area contributed by atoms with Gasteiger partial charge in [-0.05, 0) is 36.3 Å². The molecule has 0 bridgehead atoms. The van der Waals surface area contributed by atoms with Crippen molar-refractivity contribution in [2.24, 2.45) is 5.92 Å². The molecule has 0 spiro atoms. The summed E-state index contributed by atoms with van der Waals surface area (Å²) in [5.74, 6) is -0.425. The standard InChI is InChI=1S/C16H20N2O2/c1-2-10-4-3-5-13-12(8-17-14(10)13)9-18-15(16(19)20)11-6-7-11/h3-5,8,11,15,17-18H,2,6-7,9H2,1H3,(H,19,20). The van der Waals surface area contributed by atoms with E-state index in [4.69, 9.17) is 0 Å². The van der Waals surface area contributed by atoms with Crippen LogP contribution in [-0.2, 0) is 17.8 Å². The van der Waals surface area contributed by atoms with Crippen molar-refractivity contribution in [3.8, 4) is 0 Å². The molecule has 20 heavy (non-hydrogen) atoms. The lowest BCUT2D eigenvalue weighted by Gasteiger charge is -2.13. The Morgan fingerprint density at radius 1 is 1.45 bits per heavy atom. The Hall–Kier alpha value is -1.81. The summed E-state index contributed by atoms with van der Waals surface area (Å²) in [7, 11) is 0. The third-order valence-corrected chi connectivity index (χ3v) is 4.14. The summed E-state index contributed by atoms with van der Waals surface area (Å²) < 4.78 is 0. The quantitative estimate of drug-likeness (QED) is 0.757. The number of fused-ring (bicyclic) bond motifs is 1. The fraction of sp³-hybridized carbons (Fsp3) is 0.438. The molecule has 0 saturated heterocycles. The van der Waals surface area contributed by atoms with E-state index in [9.17, 15) is 9.90 Å². The van der Waals surface area contributed by atoms with Crippen LogP contribution in [0.1, 0.15) is 30.9 Å². The van der Waals surface area contributed by atoms with Crippen molar-refractivity contribution in [2.75, 3.05) is 0 Å². The van der Waals surface area contributed by atoms with E-state index in [2.05, 4.69) is 35.4 Å². The van der Waals surface area contributed by atoms with Gasteiger partial charge in [0, 0.05) is 23.6 Å². The topological polar surface area (TPSA) is 65.1 Å². The molecule has 4 nitrogen and oxygen atoms in total. The molecule has 1 saturated carbocycles. The first kappa shape index (κ1) is 13.2. The van der Waals surface area contributed by atoms with Crippen LogP contribution < -0.4 is 5.32 Å². The third kappa shape index (κ3) is 2.43. The number of aryl methyl sites for hydroxylation is 1. The molecule has 1 unspecified atom stereocenters. The fourth-order valence-electron chi connectivity index (χ4n) is 2.82. The van der Waals surface area contributed by atoms with E-state index in [0.717, 1.165) is 24.8 Å². The number of rotatable bonds is 6. The molecule has 0 radical (unpaired) electrons. The van der Waals surface area contributed by atoms with Crippen LogP contribution in [0.5, 0.6) is 0 Å². The zero-order valence-corrected chi connectivity index (χ0v) is 11.6. The lowest BCUT2D eigenvalue weighted by molar-refractivity contribution is -0.140. The van der Waals surface area contributed by atoms with Crippen molar-refractivity contribution in [1.29, 1.82) is 0 Å².